The fraction of sp³-hybridized carbons (Fsp3) is 0.200. The van der Waals surface area contributed by atoms with Crippen LogP contribution in [0.2, 0.25) is 5.02 Å². The summed E-state index contributed by atoms with van der Waals surface area (Å²) in [4.78, 5) is 23.6. The van der Waals surface area contributed by atoms with Crippen LogP contribution in [-0.4, -0.2) is 27.3 Å². The van der Waals surface area contributed by atoms with Crippen LogP contribution in [0.3, 0.4) is 0 Å². The Bertz CT molecular complexity index is 1440. The molecule has 0 radical (unpaired) electrons. The van der Waals surface area contributed by atoms with Gasteiger partial charge in [0, 0.05) is 31.9 Å². The van der Waals surface area contributed by atoms with Crippen molar-refractivity contribution in [2.24, 2.45) is 14.1 Å². The first kappa shape index (κ1) is 23.3. The topological polar surface area (TPSA) is 94.7 Å². The van der Waals surface area contributed by atoms with Crippen molar-refractivity contribution in [2.45, 2.75) is 13.2 Å². The van der Waals surface area contributed by atoms with Gasteiger partial charge in [-0.05, 0) is 42.0 Å². The Labute approximate surface area is 200 Å². The van der Waals surface area contributed by atoms with Gasteiger partial charge in [-0.3, -0.25) is 9.13 Å². The molecule has 176 valence electrons. The van der Waals surface area contributed by atoms with Gasteiger partial charge in [0.15, 0.2) is 11.5 Å². The minimum absolute atomic E-state index is 0.0273. The van der Waals surface area contributed by atoms with Crippen molar-refractivity contribution in [2.75, 3.05) is 12.4 Å². The number of fused-ring (bicyclic) bond motifs is 1. The number of carboxylic acids is 1. The van der Waals surface area contributed by atoms with E-state index in [1.807, 2.05) is 36.4 Å². The molecule has 4 rings (SSSR count). The van der Waals surface area contributed by atoms with Gasteiger partial charge in [0.05, 0.1) is 28.7 Å². The summed E-state index contributed by atoms with van der Waals surface area (Å²) in [6, 6.07) is 16.1. The molecule has 0 aliphatic carbocycles. The van der Waals surface area contributed by atoms with Crippen LogP contribution in [0.4, 0.5) is 5.69 Å². The van der Waals surface area contributed by atoms with E-state index in [2.05, 4.69) is 5.32 Å². The summed E-state index contributed by atoms with van der Waals surface area (Å²) in [5, 5.41) is 12.7. The van der Waals surface area contributed by atoms with Crippen LogP contribution >= 0.6 is 11.6 Å². The molecule has 1 aromatic heterocycles. The molecule has 9 heteroatoms. The van der Waals surface area contributed by atoms with Gasteiger partial charge in [0.2, 0.25) is 0 Å². The predicted molar refractivity (Wildman–Crippen MR) is 131 cm³/mol. The van der Waals surface area contributed by atoms with Crippen molar-refractivity contribution in [1.29, 1.82) is 0 Å². The summed E-state index contributed by atoms with van der Waals surface area (Å²) in [6.45, 7) is 0.649. The molecule has 0 unspecified atom stereocenters. The highest BCUT2D eigenvalue weighted by atomic mass is 35.5. The Balaban J connectivity index is 1.56. The molecule has 3 aromatic carbocycles. The molecule has 1 heterocycles. The van der Waals surface area contributed by atoms with Crippen LogP contribution in [0.15, 0.2) is 59.4 Å². The molecule has 2 N–H and O–H groups in total. The maximum atomic E-state index is 12.2. The number of hydrogen-bond acceptors (Lipinski definition) is 5. The number of rotatable bonds is 8. The number of anilines is 1. The molecule has 0 saturated heterocycles. The van der Waals surface area contributed by atoms with Gasteiger partial charge in [-0.2, -0.15) is 0 Å². The summed E-state index contributed by atoms with van der Waals surface area (Å²) >= 11 is 5.96. The van der Waals surface area contributed by atoms with E-state index < -0.39 is 5.97 Å². The van der Waals surface area contributed by atoms with Gasteiger partial charge in [-0.15, -0.1) is 0 Å². The predicted octanol–water partition coefficient (Wildman–Crippen LogP) is 4.43. The molecule has 0 atom stereocenters. The number of ether oxygens (including phenoxy) is 2. The third kappa shape index (κ3) is 4.45. The first-order chi connectivity index (χ1) is 16.3. The zero-order valence-electron chi connectivity index (χ0n) is 19.0. The molecule has 0 aliphatic rings. The van der Waals surface area contributed by atoms with Crippen LogP contribution in [-0.2, 0) is 27.2 Å². The second-order valence-electron chi connectivity index (χ2n) is 7.81. The molecule has 0 fully saturated rings. The fourth-order valence-corrected chi connectivity index (χ4v) is 4.02. The maximum absolute atomic E-state index is 12.2. The number of carbonyl (C=O) groups is 1. The van der Waals surface area contributed by atoms with Gasteiger partial charge in [-0.1, -0.05) is 29.8 Å². The van der Waals surface area contributed by atoms with Crippen molar-refractivity contribution in [1.82, 2.24) is 9.13 Å². The van der Waals surface area contributed by atoms with E-state index >= 15 is 0 Å². The zero-order valence-corrected chi connectivity index (χ0v) is 19.7. The van der Waals surface area contributed by atoms with E-state index in [1.54, 1.807) is 42.5 Å². The Morgan fingerprint density at radius 1 is 1.06 bits per heavy atom. The van der Waals surface area contributed by atoms with E-state index in [9.17, 15) is 14.7 Å². The SMILES string of the molecule is COc1cccc(CNc2ccc(Cl)c(C(=O)O)c2)c1OCc1ccc2c(c1)n(C)c(=O)n2C. The summed E-state index contributed by atoms with van der Waals surface area (Å²) in [6.07, 6.45) is 0. The summed E-state index contributed by atoms with van der Waals surface area (Å²) in [7, 11) is 5.06. The minimum Gasteiger partial charge on any atom is -0.493 e. The number of nitrogens with one attached hydrogen (secondary N) is 1. The van der Waals surface area contributed by atoms with Crippen LogP contribution < -0.4 is 20.5 Å². The lowest BCUT2D eigenvalue weighted by Gasteiger charge is -2.16. The first-order valence-corrected chi connectivity index (χ1v) is 10.9. The number of imidazole rings is 1. The lowest BCUT2D eigenvalue weighted by Crippen LogP contribution is -2.19. The Morgan fingerprint density at radius 3 is 2.56 bits per heavy atom. The zero-order chi connectivity index (χ0) is 24.4. The van der Waals surface area contributed by atoms with Gasteiger partial charge < -0.3 is 19.9 Å². The highest BCUT2D eigenvalue weighted by molar-refractivity contribution is 6.33. The maximum Gasteiger partial charge on any atom is 0.337 e. The molecular weight excluding hydrogens is 458 g/mol. The third-order valence-electron chi connectivity index (χ3n) is 5.68. The number of methoxy groups -OCH3 is 1. The fourth-order valence-electron chi connectivity index (χ4n) is 3.82. The molecule has 0 saturated carbocycles. The number of aromatic carboxylic acids is 1. The van der Waals surface area contributed by atoms with Crippen molar-refractivity contribution >= 4 is 34.3 Å². The summed E-state index contributed by atoms with van der Waals surface area (Å²) in [5.74, 6) is 0.0636. The second kappa shape index (κ2) is 9.52. The van der Waals surface area contributed by atoms with Crippen LogP contribution in [0.1, 0.15) is 21.5 Å². The number of carboxylic acid groups (broad SMARTS) is 1. The molecule has 0 amide bonds. The van der Waals surface area contributed by atoms with Crippen molar-refractivity contribution in [3.8, 4) is 11.5 Å². The standard InChI is InChI=1S/C25H24ClN3O5/c1-28-20-10-7-15(11-21(20)29(2)25(28)32)14-34-23-16(5-4-6-22(23)33-3)13-27-17-8-9-19(26)18(12-17)24(30)31/h4-12,27H,13-14H2,1-3H3,(H,30,31). The van der Waals surface area contributed by atoms with E-state index in [-0.39, 0.29) is 22.9 Å². The van der Waals surface area contributed by atoms with Gasteiger partial charge >= 0.3 is 11.7 Å². The molecule has 0 spiro atoms. The number of aryl methyl sites for hydroxylation is 2. The van der Waals surface area contributed by atoms with Gasteiger partial charge in [0.25, 0.3) is 0 Å². The number of nitrogens with zero attached hydrogens (tertiary/aromatic N) is 2. The minimum atomic E-state index is -1.09. The smallest absolute Gasteiger partial charge is 0.337 e. The number of halogens is 1. The lowest BCUT2D eigenvalue weighted by molar-refractivity contribution is 0.0697. The largest absolute Gasteiger partial charge is 0.493 e. The van der Waals surface area contributed by atoms with Gasteiger partial charge in [-0.25, -0.2) is 9.59 Å². The van der Waals surface area contributed by atoms with E-state index in [1.165, 1.54) is 6.07 Å². The summed E-state index contributed by atoms with van der Waals surface area (Å²) in [5.41, 5.74) is 3.97. The average Bonchev–Trinajstić information content (AvgIpc) is 3.05. The highest BCUT2D eigenvalue weighted by Gasteiger charge is 2.14. The van der Waals surface area contributed by atoms with Crippen molar-refractivity contribution in [3.05, 3.63) is 86.8 Å². The molecule has 0 bridgehead atoms. The number of benzene rings is 3. The number of hydrogen-bond donors (Lipinski definition) is 2. The van der Waals surface area contributed by atoms with E-state index in [0.717, 1.165) is 22.2 Å². The van der Waals surface area contributed by atoms with Crippen molar-refractivity contribution < 1.29 is 19.4 Å². The number of aromatic nitrogens is 2. The molecule has 8 nitrogen and oxygen atoms in total. The van der Waals surface area contributed by atoms with Crippen molar-refractivity contribution in [3.63, 3.8) is 0 Å². The Kier molecular flexibility index (Phi) is 6.51. The van der Waals surface area contributed by atoms with Crippen LogP contribution in [0, 0.1) is 0 Å². The lowest BCUT2D eigenvalue weighted by atomic mass is 10.1. The molecule has 4 aromatic rings. The monoisotopic (exact) mass is 481 g/mol. The van der Waals surface area contributed by atoms with Crippen LogP contribution in [0.25, 0.3) is 11.0 Å². The van der Waals surface area contributed by atoms with E-state index in [0.29, 0.717) is 23.7 Å². The Morgan fingerprint density at radius 2 is 1.82 bits per heavy atom. The average molecular weight is 482 g/mol. The quantitative estimate of drug-likeness (QED) is 0.386. The Hall–Kier alpha value is -3.91. The van der Waals surface area contributed by atoms with E-state index in [4.69, 9.17) is 21.1 Å². The number of para-hydroxylation sites is 1. The highest BCUT2D eigenvalue weighted by Crippen LogP contribution is 2.33. The summed E-state index contributed by atoms with van der Waals surface area (Å²) < 4.78 is 14.9. The molecular formula is C25H24ClN3O5. The molecule has 34 heavy (non-hydrogen) atoms. The van der Waals surface area contributed by atoms with Gasteiger partial charge in [0.1, 0.15) is 6.61 Å². The third-order valence-corrected chi connectivity index (χ3v) is 6.01. The first-order valence-electron chi connectivity index (χ1n) is 10.5. The molecule has 0 aliphatic heterocycles. The van der Waals surface area contributed by atoms with Crippen LogP contribution in [0.5, 0.6) is 11.5 Å². The normalized spacial score (nSPS) is 10.9. The second-order valence-corrected chi connectivity index (χ2v) is 8.22.